The zero-order valence-electron chi connectivity index (χ0n) is 17.7. The summed E-state index contributed by atoms with van der Waals surface area (Å²) in [5.41, 5.74) is 11.4. The molecule has 0 aliphatic heterocycles. The van der Waals surface area contributed by atoms with Crippen LogP contribution in [0.5, 0.6) is 5.75 Å². The Kier molecular flexibility index (Phi) is 14.9. The van der Waals surface area contributed by atoms with Crippen LogP contribution in [0, 0.1) is 5.41 Å². The molecule has 29 heavy (non-hydrogen) atoms. The maximum atomic E-state index is 9.97. The highest BCUT2D eigenvalue weighted by Gasteiger charge is 2.14. The molecule has 0 amide bonds. The largest absolute Gasteiger partial charge is 0.508 e. The van der Waals surface area contributed by atoms with Gasteiger partial charge >= 0.3 is 0 Å². The number of unbranched alkanes of at least 4 members (excludes halogenated alkanes) is 1. The normalized spacial score (nSPS) is 12.3. The molecule has 1 aromatic carbocycles. The molecule has 9 nitrogen and oxygen atoms in total. The molecule has 0 saturated heterocycles. The lowest BCUT2D eigenvalue weighted by Crippen LogP contribution is -2.40. The number of rotatable bonds is 7. The second-order valence-corrected chi connectivity index (χ2v) is 7.35. The van der Waals surface area contributed by atoms with Crippen LogP contribution in [0.2, 0.25) is 0 Å². The van der Waals surface area contributed by atoms with Gasteiger partial charge < -0.3 is 32.1 Å². The highest BCUT2D eigenvalue weighted by atomic mass is 35.5. The Balaban J connectivity index is 0. The molecule has 0 saturated carbocycles. The average molecular weight is 433 g/mol. The number of hydrogen-bond donors (Lipinski definition) is 8. The monoisotopic (exact) mass is 432 g/mol. The maximum Gasteiger partial charge on any atom is 0.195 e. The zero-order valence-corrected chi connectivity index (χ0v) is 18.5. The van der Waals surface area contributed by atoms with Crippen LogP contribution in [0.3, 0.4) is 0 Å². The van der Waals surface area contributed by atoms with Gasteiger partial charge in [0.2, 0.25) is 0 Å². The third-order valence-corrected chi connectivity index (χ3v) is 3.54. The molecular weight excluding hydrogens is 396 g/mol. The first-order valence-corrected chi connectivity index (χ1v) is 9.26. The van der Waals surface area contributed by atoms with Crippen molar-refractivity contribution >= 4 is 24.3 Å². The predicted molar refractivity (Wildman–Crippen MR) is 120 cm³/mol. The molecule has 0 radical (unpaired) electrons. The lowest BCUT2D eigenvalue weighted by molar-refractivity contribution is 0.163. The molecule has 1 unspecified atom stereocenters. The average Bonchev–Trinajstić information content (AvgIpc) is 2.59. The van der Waals surface area contributed by atoms with Crippen LogP contribution < -0.4 is 22.1 Å². The summed E-state index contributed by atoms with van der Waals surface area (Å²) in [4.78, 5) is 3.92. The molecule has 1 rings (SSSR count). The molecule has 0 fully saturated rings. The second kappa shape index (κ2) is 14.9. The summed E-state index contributed by atoms with van der Waals surface area (Å²) in [7, 11) is 0. The zero-order chi connectivity index (χ0) is 21.7. The van der Waals surface area contributed by atoms with Crippen LogP contribution >= 0.6 is 12.4 Å². The summed E-state index contributed by atoms with van der Waals surface area (Å²) in [5, 5.41) is 40.8. The Morgan fingerprint density at radius 2 is 1.90 bits per heavy atom. The van der Waals surface area contributed by atoms with Crippen molar-refractivity contribution in [2.75, 3.05) is 13.1 Å². The summed E-state index contributed by atoms with van der Waals surface area (Å²) < 4.78 is 0. The minimum Gasteiger partial charge on any atom is -0.508 e. The van der Waals surface area contributed by atoms with Crippen molar-refractivity contribution in [3.63, 3.8) is 0 Å². The number of guanidine groups is 2. The molecular formula is C19H37ClN6O3. The first kappa shape index (κ1) is 29.1. The quantitative estimate of drug-likeness (QED) is 0.182. The van der Waals surface area contributed by atoms with Gasteiger partial charge in [-0.25, -0.2) is 0 Å². The number of nitrogens with zero attached hydrogens (tertiary/aromatic N) is 1. The fraction of sp³-hybridized carbons (Fsp3) is 0.579. The van der Waals surface area contributed by atoms with Gasteiger partial charge in [-0.3, -0.25) is 15.7 Å². The number of hydrogen-bond acceptors (Lipinski definition) is 6. The highest BCUT2D eigenvalue weighted by Crippen LogP contribution is 2.22. The highest BCUT2D eigenvalue weighted by molar-refractivity contribution is 5.95. The van der Waals surface area contributed by atoms with Crippen LogP contribution in [0.4, 0.5) is 0 Å². The number of nitrogens with one attached hydrogen (secondary N) is 3. The number of aliphatic hydroxyl groups is 2. The Morgan fingerprint density at radius 1 is 1.28 bits per heavy atom. The third kappa shape index (κ3) is 14.6. The number of nitrogens with two attached hydrogens (primary N) is 2. The molecule has 10 N–H and O–H groups in total. The Bertz CT molecular complexity index is 635. The van der Waals surface area contributed by atoms with Gasteiger partial charge in [0.05, 0.1) is 12.7 Å². The molecule has 0 aliphatic rings. The fourth-order valence-electron chi connectivity index (χ4n) is 2.00. The van der Waals surface area contributed by atoms with Crippen molar-refractivity contribution < 1.29 is 15.3 Å². The van der Waals surface area contributed by atoms with Crippen molar-refractivity contribution in [2.45, 2.75) is 58.8 Å². The van der Waals surface area contributed by atoms with E-state index in [-0.39, 0.29) is 42.2 Å². The number of aliphatic imine (C=N–C) groups is 1. The number of phenols is 1. The van der Waals surface area contributed by atoms with Crippen molar-refractivity contribution in [3.8, 4) is 5.75 Å². The smallest absolute Gasteiger partial charge is 0.195 e. The standard InChI is InChI=1S/C13H21NO3.C6H15N5.ClH/c1-13(2,3)14-7-12(17)9-4-5-11(16)10(6-9)8-15;1-2-3-4-10-6(9)11-5(7)8;/h4-6,12,14-17H,7-8H2,1-3H3;2-4H2,1H3,(H6,7,8,9,10,11);1H. The van der Waals surface area contributed by atoms with Crippen molar-refractivity contribution in [2.24, 2.45) is 16.5 Å². The lowest BCUT2D eigenvalue weighted by atomic mass is 10.0. The van der Waals surface area contributed by atoms with Crippen molar-refractivity contribution in [1.29, 1.82) is 5.41 Å². The van der Waals surface area contributed by atoms with E-state index in [1.807, 2.05) is 20.8 Å². The molecule has 0 heterocycles. The molecule has 0 bridgehead atoms. The fourth-order valence-corrected chi connectivity index (χ4v) is 2.00. The first-order valence-electron chi connectivity index (χ1n) is 9.26. The molecule has 1 aromatic rings. The predicted octanol–water partition coefficient (Wildman–Crippen LogP) is 1.31. The SMILES string of the molecule is CC(C)(C)NCC(O)c1ccc(O)c(CO)c1.CCCCN=C(N)NC(=N)N.Cl. The second-order valence-electron chi connectivity index (χ2n) is 7.35. The van der Waals surface area contributed by atoms with Gasteiger partial charge in [-0.05, 0) is 44.9 Å². The molecule has 0 spiro atoms. The van der Waals surface area contributed by atoms with Gasteiger partial charge in [-0.1, -0.05) is 19.4 Å². The Hall–Kier alpha value is -2.07. The molecule has 0 aromatic heterocycles. The van der Waals surface area contributed by atoms with Crippen LogP contribution in [-0.4, -0.2) is 45.9 Å². The number of aliphatic hydroxyl groups excluding tert-OH is 2. The van der Waals surface area contributed by atoms with Crippen LogP contribution in [0.15, 0.2) is 23.2 Å². The first-order chi connectivity index (χ1) is 13.0. The lowest BCUT2D eigenvalue weighted by Gasteiger charge is -2.23. The van der Waals surface area contributed by atoms with Gasteiger partial charge in [0, 0.05) is 24.2 Å². The van der Waals surface area contributed by atoms with Gasteiger partial charge in [0.15, 0.2) is 11.9 Å². The number of halogens is 1. The van der Waals surface area contributed by atoms with Gasteiger partial charge in [-0.2, -0.15) is 0 Å². The van der Waals surface area contributed by atoms with Gasteiger partial charge in [0.25, 0.3) is 0 Å². The third-order valence-electron chi connectivity index (χ3n) is 3.54. The van der Waals surface area contributed by atoms with Crippen LogP contribution in [0.25, 0.3) is 0 Å². The minimum atomic E-state index is -0.653. The number of aromatic hydroxyl groups is 1. The van der Waals surface area contributed by atoms with Crippen molar-refractivity contribution in [1.82, 2.24) is 10.6 Å². The van der Waals surface area contributed by atoms with E-state index in [0.717, 1.165) is 12.8 Å². The Morgan fingerprint density at radius 3 is 2.38 bits per heavy atom. The molecule has 0 aliphatic carbocycles. The van der Waals surface area contributed by atoms with Crippen LogP contribution in [0.1, 0.15) is 57.8 Å². The summed E-state index contributed by atoms with van der Waals surface area (Å²) >= 11 is 0. The summed E-state index contributed by atoms with van der Waals surface area (Å²) in [6.07, 6.45) is 1.43. The van der Waals surface area contributed by atoms with E-state index >= 15 is 0 Å². The topological polar surface area (TPSA) is 173 Å². The van der Waals surface area contributed by atoms with E-state index in [4.69, 9.17) is 22.0 Å². The van der Waals surface area contributed by atoms with Crippen LogP contribution in [-0.2, 0) is 6.61 Å². The summed E-state index contributed by atoms with van der Waals surface area (Å²) in [5.74, 6) is 0.0842. The van der Waals surface area contributed by atoms with E-state index < -0.39 is 6.10 Å². The van der Waals surface area contributed by atoms with E-state index in [2.05, 4.69) is 22.5 Å². The molecule has 1 atom stereocenters. The van der Waals surface area contributed by atoms with E-state index in [9.17, 15) is 10.2 Å². The van der Waals surface area contributed by atoms with E-state index in [0.29, 0.717) is 24.2 Å². The van der Waals surface area contributed by atoms with Gasteiger partial charge in [0.1, 0.15) is 5.75 Å². The minimum absolute atomic E-state index is 0. The van der Waals surface area contributed by atoms with E-state index in [1.54, 1.807) is 12.1 Å². The maximum absolute atomic E-state index is 9.97. The summed E-state index contributed by atoms with van der Waals surface area (Å²) in [6.45, 7) is 9.02. The number of β-amino-alcohol motifs (C(OH)–C–C–N with tert-alkyl or cyclic N) is 1. The number of benzene rings is 1. The van der Waals surface area contributed by atoms with E-state index in [1.165, 1.54) is 6.07 Å². The van der Waals surface area contributed by atoms with Crippen molar-refractivity contribution in [3.05, 3.63) is 29.3 Å². The molecule has 168 valence electrons. The summed E-state index contributed by atoms with van der Waals surface area (Å²) in [6, 6.07) is 4.76. The Labute approximate surface area is 179 Å². The molecule has 10 heteroatoms. The van der Waals surface area contributed by atoms with Gasteiger partial charge in [-0.15, -0.1) is 12.4 Å².